The standard InChI is InChI=1S/C16H16BrN3OS/c1-9(11-4-6-12(17)7-5-11)18-15(21)14-8-13-10(2)19-20(3)16(13)22-14/h4-9H,1-3H3,(H,18,21). The van der Waals surface area contributed by atoms with Crippen LogP contribution < -0.4 is 5.32 Å². The van der Waals surface area contributed by atoms with E-state index >= 15 is 0 Å². The van der Waals surface area contributed by atoms with Gasteiger partial charge in [-0.15, -0.1) is 11.3 Å². The van der Waals surface area contributed by atoms with Gasteiger partial charge >= 0.3 is 0 Å². The molecule has 6 heteroatoms. The molecule has 1 unspecified atom stereocenters. The van der Waals surface area contributed by atoms with E-state index in [1.54, 1.807) is 0 Å². The average Bonchev–Trinajstić information content (AvgIpc) is 3.02. The fourth-order valence-corrected chi connectivity index (χ4v) is 3.71. The first-order chi connectivity index (χ1) is 10.5. The molecule has 3 rings (SSSR count). The van der Waals surface area contributed by atoms with Gasteiger partial charge in [0.05, 0.1) is 16.6 Å². The number of nitrogens with one attached hydrogen (secondary N) is 1. The molecule has 0 spiro atoms. The Morgan fingerprint density at radius 3 is 2.68 bits per heavy atom. The first kappa shape index (κ1) is 15.2. The molecule has 1 N–H and O–H groups in total. The molecular formula is C16H16BrN3OS. The van der Waals surface area contributed by atoms with Crippen molar-refractivity contribution in [2.24, 2.45) is 7.05 Å². The highest BCUT2D eigenvalue weighted by Crippen LogP contribution is 2.28. The second kappa shape index (κ2) is 5.85. The summed E-state index contributed by atoms with van der Waals surface area (Å²) >= 11 is 4.89. The van der Waals surface area contributed by atoms with E-state index in [1.165, 1.54) is 11.3 Å². The molecular weight excluding hydrogens is 362 g/mol. The van der Waals surface area contributed by atoms with E-state index in [0.29, 0.717) is 0 Å². The Labute approximate surface area is 141 Å². The number of carbonyl (C=O) groups is 1. The molecule has 0 aliphatic heterocycles. The molecule has 1 amide bonds. The SMILES string of the molecule is Cc1nn(C)c2sc(C(=O)NC(C)c3ccc(Br)cc3)cc12. The summed E-state index contributed by atoms with van der Waals surface area (Å²) in [6.45, 7) is 3.95. The van der Waals surface area contributed by atoms with Gasteiger partial charge < -0.3 is 5.32 Å². The van der Waals surface area contributed by atoms with Gasteiger partial charge in [0.15, 0.2) is 0 Å². The molecule has 0 aliphatic carbocycles. The molecule has 114 valence electrons. The van der Waals surface area contributed by atoms with Crippen LogP contribution in [0.15, 0.2) is 34.8 Å². The number of benzene rings is 1. The van der Waals surface area contributed by atoms with Gasteiger partial charge in [0.25, 0.3) is 5.91 Å². The molecule has 22 heavy (non-hydrogen) atoms. The number of aromatic nitrogens is 2. The molecule has 0 bridgehead atoms. The normalized spacial score (nSPS) is 12.5. The maximum Gasteiger partial charge on any atom is 0.261 e. The Morgan fingerprint density at radius 2 is 2.05 bits per heavy atom. The van der Waals surface area contributed by atoms with Gasteiger partial charge in [0.1, 0.15) is 4.83 Å². The number of amides is 1. The zero-order valence-electron chi connectivity index (χ0n) is 12.6. The molecule has 1 atom stereocenters. The molecule has 1 aromatic carbocycles. The van der Waals surface area contributed by atoms with Crippen LogP contribution in [0.5, 0.6) is 0 Å². The van der Waals surface area contributed by atoms with E-state index in [-0.39, 0.29) is 11.9 Å². The fourth-order valence-electron chi connectivity index (χ4n) is 2.42. The van der Waals surface area contributed by atoms with Crippen molar-refractivity contribution >= 4 is 43.4 Å². The molecule has 0 saturated heterocycles. The number of aryl methyl sites for hydroxylation is 2. The molecule has 0 radical (unpaired) electrons. The van der Waals surface area contributed by atoms with E-state index < -0.39 is 0 Å². The van der Waals surface area contributed by atoms with Gasteiger partial charge in [0, 0.05) is 16.9 Å². The highest BCUT2D eigenvalue weighted by Gasteiger charge is 2.17. The molecule has 4 nitrogen and oxygen atoms in total. The lowest BCUT2D eigenvalue weighted by Gasteiger charge is -2.13. The van der Waals surface area contributed by atoms with E-state index in [1.807, 2.05) is 55.9 Å². The zero-order chi connectivity index (χ0) is 15.9. The van der Waals surface area contributed by atoms with E-state index in [2.05, 4.69) is 26.3 Å². The largest absolute Gasteiger partial charge is 0.345 e. The van der Waals surface area contributed by atoms with Crippen LogP contribution in [0.3, 0.4) is 0 Å². The smallest absolute Gasteiger partial charge is 0.261 e. The number of nitrogens with zero attached hydrogens (tertiary/aromatic N) is 2. The minimum atomic E-state index is -0.0454. The lowest BCUT2D eigenvalue weighted by Crippen LogP contribution is -2.25. The Morgan fingerprint density at radius 1 is 1.36 bits per heavy atom. The third kappa shape index (κ3) is 2.80. The summed E-state index contributed by atoms with van der Waals surface area (Å²) in [5.41, 5.74) is 2.03. The third-order valence-corrected chi connectivity index (χ3v) is 5.37. The van der Waals surface area contributed by atoms with Crippen molar-refractivity contribution in [2.75, 3.05) is 0 Å². The van der Waals surface area contributed by atoms with Crippen molar-refractivity contribution in [3.63, 3.8) is 0 Å². The Balaban J connectivity index is 1.80. The number of hydrogen-bond donors (Lipinski definition) is 1. The van der Waals surface area contributed by atoms with Gasteiger partial charge in [-0.05, 0) is 37.6 Å². The van der Waals surface area contributed by atoms with Crippen LogP contribution in [-0.4, -0.2) is 15.7 Å². The molecule has 0 aliphatic rings. The summed E-state index contributed by atoms with van der Waals surface area (Å²) in [5, 5.41) is 8.46. The third-order valence-electron chi connectivity index (χ3n) is 3.64. The van der Waals surface area contributed by atoms with Crippen LogP contribution in [0.4, 0.5) is 0 Å². The van der Waals surface area contributed by atoms with Crippen molar-refractivity contribution < 1.29 is 4.79 Å². The van der Waals surface area contributed by atoms with Crippen molar-refractivity contribution in [1.82, 2.24) is 15.1 Å². The van der Waals surface area contributed by atoms with Crippen molar-refractivity contribution in [1.29, 1.82) is 0 Å². The summed E-state index contributed by atoms with van der Waals surface area (Å²) in [6, 6.07) is 9.86. The van der Waals surface area contributed by atoms with Gasteiger partial charge in [-0.2, -0.15) is 5.10 Å². The first-order valence-corrected chi connectivity index (χ1v) is 8.56. The fraction of sp³-hybridized carbons (Fsp3) is 0.250. The predicted molar refractivity (Wildman–Crippen MR) is 93.4 cm³/mol. The Bertz CT molecular complexity index is 801. The number of halogens is 1. The molecule has 2 aromatic heterocycles. The van der Waals surface area contributed by atoms with Gasteiger partial charge in [-0.25, -0.2) is 0 Å². The second-order valence-electron chi connectivity index (χ2n) is 5.29. The monoisotopic (exact) mass is 377 g/mol. The molecule has 0 fully saturated rings. The summed E-state index contributed by atoms with van der Waals surface area (Å²) in [7, 11) is 1.90. The first-order valence-electron chi connectivity index (χ1n) is 6.95. The van der Waals surface area contributed by atoms with E-state index in [4.69, 9.17) is 0 Å². The molecule has 3 aromatic rings. The van der Waals surface area contributed by atoms with Crippen molar-refractivity contribution in [3.05, 3.63) is 50.9 Å². The van der Waals surface area contributed by atoms with Crippen LogP contribution in [0, 0.1) is 6.92 Å². The minimum absolute atomic E-state index is 0.0370. The topological polar surface area (TPSA) is 46.9 Å². The van der Waals surface area contributed by atoms with Crippen LogP contribution >= 0.6 is 27.3 Å². The van der Waals surface area contributed by atoms with Crippen LogP contribution in [0.25, 0.3) is 10.2 Å². The van der Waals surface area contributed by atoms with Crippen LogP contribution in [-0.2, 0) is 7.05 Å². The predicted octanol–water partition coefficient (Wildman–Crippen LogP) is 4.20. The average molecular weight is 378 g/mol. The van der Waals surface area contributed by atoms with Gasteiger partial charge in [-0.3, -0.25) is 9.48 Å². The summed E-state index contributed by atoms with van der Waals surface area (Å²) < 4.78 is 2.85. The van der Waals surface area contributed by atoms with E-state index in [9.17, 15) is 4.79 Å². The quantitative estimate of drug-likeness (QED) is 0.743. The lowest BCUT2D eigenvalue weighted by molar-refractivity contribution is 0.0944. The Kier molecular flexibility index (Phi) is 4.06. The zero-order valence-corrected chi connectivity index (χ0v) is 15.0. The maximum absolute atomic E-state index is 12.4. The second-order valence-corrected chi connectivity index (χ2v) is 7.23. The number of rotatable bonds is 3. The van der Waals surface area contributed by atoms with Crippen LogP contribution in [0.1, 0.15) is 33.9 Å². The highest BCUT2D eigenvalue weighted by atomic mass is 79.9. The summed E-state index contributed by atoms with van der Waals surface area (Å²) in [4.78, 5) is 14.2. The maximum atomic E-state index is 12.4. The molecule has 0 saturated carbocycles. The lowest BCUT2D eigenvalue weighted by atomic mass is 10.1. The van der Waals surface area contributed by atoms with Crippen LogP contribution in [0.2, 0.25) is 0 Å². The van der Waals surface area contributed by atoms with Gasteiger partial charge in [0.2, 0.25) is 0 Å². The highest BCUT2D eigenvalue weighted by molar-refractivity contribution is 9.10. The summed E-state index contributed by atoms with van der Waals surface area (Å²) in [5.74, 6) is -0.0454. The summed E-state index contributed by atoms with van der Waals surface area (Å²) in [6.07, 6.45) is 0. The number of hydrogen-bond acceptors (Lipinski definition) is 3. The molecule has 2 heterocycles. The van der Waals surface area contributed by atoms with E-state index in [0.717, 1.165) is 30.8 Å². The number of thiophene rings is 1. The Hall–Kier alpha value is -1.66. The van der Waals surface area contributed by atoms with Crippen molar-refractivity contribution in [3.8, 4) is 0 Å². The minimum Gasteiger partial charge on any atom is -0.345 e. The number of fused-ring (bicyclic) bond motifs is 1. The van der Waals surface area contributed by atoms with Crippen molar-refractivity contribution in [2.45, 2.75) is 19.9 Å². The van der Waals surface area contributed by atoms with Gasteiger partial charge in [-0.1, -0.05) is 28.1 Å². The number of carbonyl (C=O) groups excluding carboxylic acids is 1.